The van der Waals surface area contributed by atoms with Gasteiger partial charge in [-0.2, -0.15) is 0 Å². The number of nitrogens with two attached hydrogens (primary N) is 1. The molecule has 0 fully saturated rings. The average molecular weight is 270 g/mol. The summed E-state index contributed by atoms with van der Waals surface area (Å²) in [7, 11) is 0. The van der Waals surface area contributed by atoms with E-state index in [0.717, 1.165) is 35.9 Å². The van der Waals surface area contributed by atoms with Gasteiger partial charge in [0.25, 0.3) is 0 Å². The molecule has 4 heteroatoms. The molecule has 2 aromatic heterocycles. The van der Waals surface area contributed by atoms with Crippen LogP contribution < -0.4 is 10.6 Å². The fourth-order valence-corrected chi connectivity index (χ4v) is 2.25. The summed E-state index contributed by atoms with van der Waals surface area (Å²) in [5, 5.41) is 0. The highest BCUT2D eigenvalue weighted by Gasteiger charge is 2.14. The largest absolute Gasteiger partial charge is 0.351 e. The van der Waals surface area contributed by atoms with E-state index in [9.17, 15) is 0 Å². The molecule has 0 aromatic carbocycles. The molecule has 0 amide bonds. The van der Waals surface area contributed by atoms with Gasteiger partial charge in [-0.3, -0.25) is 4.98 Å². The Hall–Kier alpha value is -1.94. The second-order valence-electron chi connectivity index (χ2n) is 4.99. The Bertz CT molecular complexity index is 566. The molecular weight excluding hydrogens is 248 g/mol. The first-order valence-electron chi connectivity index (χ1n) is 6.99. The molecule has 2 aromatic rings. The van der Waals surface area contributed by atoms with Crippen LogP contribution in [-0.2, 0) is 6.54 Å². The maximum Gasteiger partial charge on any atom is 0.133 e. The second kappa shape index (κ2) is 6.48. The van der Waals surface area contributed by atoms with E-state index >= 15 is 0 Å². The van der Waals surface area contributed by atoms with E-state index in [1.54, 1.807) is 0 Å². The summed E-state index contributed by atoms with van der Waals surface area (Å²) >= 11 is 0. The number of anilines is 1. The molecule has 2 N–H and O–H groups in total. The number of hydrogen-bond acceptors (Lipinski definition) is 4. The smallest absolute Gasteiger partial charge is 0.133 e. The van der Waals surface area contributed by atoms with Gasteiger partial charge in [-0.25, -0.2) is 4.98 Å². The molecule has 106 valence electrons. The van der Waals surface area contributed by atoms with Gasteiger partial charge in [-0.1, -0.05) is 12.1 Å². The van der Waals surface area contributed by atoms with Crippen molar-refractivity contribution >= 4 is 5.82 Å². The summed E-state index contributed by atoms with van der Waals surface area (Å²) in [4.78, 5) is 11.3. The maximum atomic E-state index is 6.04. The zero-order valence-corrected chi connectivity index (χ0v) is 12.4. The zero-order valence-electron chi connectivity index (χ0n) is 12.4. The highest BCUT2D eigenvalue weighted by atomic mass is 15.2. The van der Waals surface area contributed by atoms with E-state index in [4.69, 9.17) is 5.73 Å². The van der Waals surface area contributed by atoms with Crippen LogP contribution in [0, 0.1) is 6.92 Å². The SMILES string of the molecule is CCN(Cc1cccc(C)n1)c1ncccc1[C@H](C)N. The maximum absolute atomic E-state index is 6.04. The van der Waals surface area contributed by atoms with Crippen molar-refractivity contribution in [3.05, 3.63) is 53.5 Å². The quantitative estimate of drug-likeness (QED) is 0.907. The summed E-state index contributed by atoms with van der Waals surface area (Å²) in [5.41, 5.74) is 9.20. The van der Waals surface area contributed by atoms with Gasteiger partial charge in [0.1, 0.15) is 5.82 Å². The topological polar surface area (TPSA) is 55.0 Å². The van der Waals surface area contributed by atoms with E-state index in [1.807, 2.05) is 50.4 Å². The van der Waals surface area contributed by atoms with Crippen molar-refractivity contribution in [1.29, 1.82) is 0 Å². The van der Waals surface area contributed by atoms with Crippen molar-refractivity contribution in [3.63, 3.8) is 0 Å². The Morgan fingerprint density at radius 3 is 2.70 bits per heavy atom. The molecule has 1 atom stereocenters. The van der Waals surface area contributed by atoms with E-state index in [-0.39, 0.29) is 6.04 Å². The Morgan fingerprint density at radius 1 is 1.25 bits per heavy atom. The van der Waals surface area contributed by atoms with Gasteiger partial charge in [0.2, 0.25) is 0 Å². The van der Waals surface area contributed by atoms with Gasteiger partial charge in [0.05, 0.1) is 12.2 Å². The van der Waals surface area contributed by atoms with E-state index in [1.165, 1.54) is 0 Å². The fraction of sp³-hybridized carbons (Fsp3) is 0.375. The standard InChI is InChI=1S/C16H22N4/c1-4-20(11-14-8-5-7-12(2)19-14)16-15(13(3)17)9-6-10-18-16/h5-10,13H,4,11,17H2,1-3H3/t13-/m0/s1. The molecule has 0 radical (unpaired) electrons. The number of aromatic nitrogens is 2. The predicted octanol–water partition coefficient (Wildman–Crippen LogP) is 2.83. The van der Waals surface area contributed by atoms with Crippen molar-refractivity contribution in [2.24, 2.45) is 5.73 Å². The normalized spacial score (nSPS) is 12.2. The summed E-state index contributed by atoms with van der Waals surface area (Å²) in [5.74, 6) is 0.952. The molecule has 20 heavy (non-hydrogen) atoms. The lowest BCUT2D eigenvalue weighted by atomic mass is 10.1. The van der Waals surface area contributed by atoms with Gasteiger partial charge in [-0.05, 0) is 39.0 Å². The second-order valence-corrected chi connectivity index (χ2v) is 4.99. The van der Waals surface area contributed by atoms with Gasteiger partial charge in [0, 0.05) is 30.0 Å². The Kier molecular flexibility index (Phi) is 4.69. The number of pyridine rings is 2. The van der Waals surface area contributed by atoms with E-state index in [0.29, 0.717) is 0 Å². The van der Waals surface area contributed by atoms with Gasteiger partial charge in [-0.15, -0.1) is 0 Å². The monoisotopic (exact) mass is 270 g/mol. The van der Waals surface area contributed by atoms with Crippen molar-refractivity contribution in [1.82, 2.24) is 9.97 Å². The lowest BCUT2D eigenvalue weighted by Crippen LogP contribution is -2.26. The van der Waals surface area contributed by atoms with Crippen molar-refractivity contribution in [2.45, 2.75) is 33.4 Å². The third-order valence-corrected chi connectivity index (χ3v) is 3.29. The van der Waals surface area contributed by atoms with Crippen LogP contribution in [0.1, 0.15) is 36.8 Å². The molecule has 0 spiro atoms. The third kappa shape index (κ3) is 3.33. The van der Waals surface area contributed by atoms with Crippen LogP contribution >= 0.6 is 0 Å². The van der Waals surface area contributed by atoms with Crippen LogP contribution in [0.5, 0.6) is 0 Å². The predicted molar refractivity (Wildman–Crippen MR) is 82.5 cm³/mol. The van der Waals surface area contributed by atoms with Gasteiger partial charge in [0.15, 0.2) is 0 Å². The number of nitrogens with zero attached hydrogens (tertiary/aromatic N) is 3. The first-order valence-corrected chi connectivity index (χ1v) is 6.99. The molecule has 0 aliphatic carbocycles. The Morgan fingerprint density at radius 2 is 2.05 bits per heavy atom. The molecule has 2 heterocycles. The lowest BCUT2D eigenvalue weighted by Gasteiger charge is -2.25. The highest BCUT2D eigenvalue weighted by Crippen LogP contribution is 2.23. The molecule has 0 bridgehead atoms. The molecule has 0 saturated carbocycles. The van der Waals surface area contributed by atoms with Crippen LogP contribution in [0.3, 0.4) is 0 Å². The summed E-state index contributed by atoms with van der Waals surface area (Å²) in [6, 6.07) is 10.0. The van der Waals surface area contributed by atoms with E-state index < -0.39 is 0 Å². The van der Waals surface area contributed by atoms with Gasteiger partial charge < -0.3 is 10.6 Å². The van der Waals surface area contributed by atoms with Crippen LogP contribution in [0.25, 0.3) is 0 Å². The van der Waals surface area contributed by atoms with Crippen molar-refractivity contribution in [3.8, 4) is 0 Å². The number of aryl methyl sites for hydroxylation is 1. The number of hydrogen-bond donors (Lipinski definition) is 1. The fourth-order valence-electron chi connectivity index (χ4n) is 2.25. The van der Waals surface area contributed by atoms with Crippen LogP contribution in [0.4, 0.5) is 5.82 Å². The van der Waals surface area contributed by atoms with Crippen molar-refractivity contribution in [2.75, 3.05) is 11.4 Å². The summed E-state index contributed by atoms with van der Waals surface area (Å²) in [6.07, 6.45) is 1.81. The molecule has 4 nitrogen and oxygen atoms in total. The first-order chi connectivity index (χ1) is 9.61. The molecule has 0 aliphatic heterocycles. The minimum absolute atomic E-state index is 0.0294. The lowest BCUT2D eigenvalue weighted by molar-refractivity contribution is 0.751. The minimum Gasteiger partial charge on any atom is -0.351 e. The average Bonchev–Trinajstić information content (AvgIpc) is 2.45. The Balaban J connectivity index is 2.29. The molecule has 0 aliphatic rings. The van der Waals surface area contributed by atoms with Crippen LogP contribution in [0.2, 0.25) is 0 Å². The molecule has 0 saturated heterocycles. The van der Waals surface area contributed by atoms with Crippen LogP contribution in [0.15, 0.2) is 36.5 Å². The summed E-state index contributed by atoms with van der Waals surface area (Å²) < 4.78 is 0. The first kappa shape index (κ1) is 14.5. The Labute approximate surface area is 120 Å². The molecule has 0 unspecified atom stereocenters. The number of rotatable bonds is 5. The van der Waals surface area contributed by atoms with E-state index in [2.05, 4.69) is 21.8 Å². The highest BCUT2D eigenvalue weighted by molar-refractivity contribution is 5.48. The van der Waals surface area contributed by atoms with Crippen molar-refractivity contribution < 1.29 is 0 Å². The molecular formula is C16H22N4. The third-order valence-electron chi connectivity index (χ3n) is 3.29. The minimum atomic E-state index is -0.0294. The summed E-state index contributed by atoms with van der Waals surface area (Å²) in [6.45, 7) is 7.73. The van der Waals surface area contributed by atoms with Gasteiger partial charge >= 0.3 is 0 Å². The zero-order chi connectivity index (χ0) is 14.5. The molecule has 2 rings (SSSR count). The van der Waals surface area contributed by atoms with Crippen LogP contribution in [-0.4, -0.2) is 16.5 Å².